The highest BCUT2D eigenvalue weighted by Crippen LogP contribution is 2.25. The summed E-state index contributed by atoms with van der Waals surface area (Å²) in [5.74, 6) is 0.904. The Morgan fingerprint density at radius 1 is 1.20 bits per heavy atom. The Bertz CT molecular complexity index is 193. The predicted octanol–water partition coefficient (Wildman–Crippen LogP) is 2.25. The van der Waals surface area contributed by atoms with Gasteiger partial charge in [-0.15, -0.1) is 0 Å². The second kappa shape index (κ2) is 5.31. The molecule has 1 aliphatic heterocycles. The molecule has 0 spiro atoms. The van der Waals surface area contributed by atoms with E-state index < -0.39 is 0 Å². The molecule has 1 aliphatic carbocycles. The maximum absolute atomic E-state index is 3.80. The van der Waals surface area contributed by atoms with Gasteiger partial charge >= 0.3 is 0 Å². The van der Waals surface area contributed by atoms with E-state index in [1.807, 2.05) is 0 Å². The summed E-state index contributed by atoms with van der Waals surface area (Å²) >= 11 is 0. The monoisotopic (exact) mass is 210 g/mol. The van der Waals surface area contributed by atoms with Crippen molar-refractivity contribution < 1.29 is 0 Å². The Labute approximate surface area is 94.4 Å². The fourth-order valence-electron chi connectivity index (χ4n) is 3.28. The van der Waals surface area contributed by atoms with Crippen LogP contribution in [-0.4, -0.2) is 36.6 Å². The quantitative estimate of drug-likeness (QED) is 0.765. The molecule has 1 N–H and O–H groups in total. The first-order valence-corrected chi connectivity index (χ1v) is 6.78. The van der Waals surface area contributed by atoms with Crippen LogP contribution >= 0.6 is 0 Å². The van der Waals surface area contributed by atoms with Crippen molar-refractivity contribution in [1.29, 1.82) is 0 Å². The zero-order valence-corrected chi connectivity index (χ0v) is 10.3. The molecule has 2 heteroatoms. The topological polar surface area (TPSA) is 15.3 Å². The summed E-state index contributed by atoms with van der Waals surface area (Å²) < 4.78 is 0. The van der Waals surface area contributed by atoms with Crippen molar-refractivity contribution in [2.45, 2.75) is 58.0 Å². The highest BCUT2D eigenvalue weighted by molar-refractivity contribution is 4.85. The van der Waals surface area contributed by atoms with Crippen LogP contribution in [0.1, 0.15) is 46.0 Å². The first kappa shape index (κ1) is 11.4. The summed E-state index contributed by atoms with van der Waals surface area (Å²) in [4.78, 5) is 2.63. The lowest BCUT2D eigenvalue weighted by Crippen LogP contribution is -2.42. The van der Waals surface area contributed by atoms with Gasteiger partial charge in [-0.25, -0.2) is 0 Å². The third kappa shape index (κ3) is 2.73. The highest BCUT2D eigenvalue weighted by Gasteiger charge is 2.26. The molecule has 2 rings (SSSR count). The van der Waals surface area contributed by atoms with Crippen molar-refractivity contribution in [3.05, 3.63) is 0 Å². The van der Waals surface area contributed by atoms with Gasteiger partial charge in [0.15, 0.2) is 0 Å². The lowest BCUT2D eigenvalue weighted by atomic mass is 10.1. The van der Waals surface area contributed by atoms with Crippen LogP contribution in [0.5, 0.6) is 0 Å². The first-order valence-electron chi connectivity index (χ1n) is 6.78. The summed E-state index contributed by atoms with van der Waals surface area (Å²) in [5, 5.41) is 3.80. The standard InChI is InChI=1S/C13H26N2/c1-3-15-9-5-7-12(15)10-14-13-8-4-6-11(13)2/h11-14H,3-10H2,1-2H3/t11-,12+,13+/m0/s1. The van der Waals surface area contributed by atoms with Crippen LogP contribution in [-0.2, 0) is 0 Å². The molecule has 0 aromatic heterocycles. The van der Waals surface area contributed by atoms with Gasteiger partial charge in [-0.1, -0.05) is 20.3 Å². The average molecular weight is 210 g/mol. The molecule has 15 heavy (non-hydrogen) atoms. The molecule has 0 amide bonds. The SMILES string of the molecule is CCN1CCC[C@@H]1CN[C@@H]1CCC[C@@H]1C. The van der Waals surface area contributed by atoms with Gasteiger partial charge in [0.1, 0.15) is 0 Å². The van der Waals surface area contributed by atoms with Crippen LogP contribution in [0.2, 0.25) is 0 Å². The Morgan fingerprint density at radius 3 is 2.73 bits per heavy atom. The molecule has 1 saturated carbocycles. The summed E-state index contributed by atoms with van der Waals surface area (Å²) in [6.07, 6.45) is 7.07. The lowest BCUT2D eigenvalue weighted by molar-refractivity contribution is 0.248. The van der Waals surface area contributed by atoms with E-state index in [0.29, 0.717) is 0 Å². The van der Waals surface area contributed by atoms with E-state index in [9.17, 15) is 0 Å². The summed E-state index contributed by atoms with van der Waals surface area (Å²) in [6, 6.07) is 1.63. The smallest absolute Gasteiger partial charge is 0.0221 e. The molecular weight excluding hydrogens is 184 g/mol. The number of rotatable bonds is 4. The molecule has 2 aliphatic rings. The van der Waals surface area contributed by atoms with Crippen LogP contribution in [0.15, 0.2) is 0 Å². The number of likely N-dealkylation sites (tertiary alicyclic amines) is 1. The maximum atomic E-state index is 3.80. The van der Waals surface area contributed by atoms with Gasteiger partial charge in [0.05, 0.1) is 0 Å². The van der Waals surface area contributed by atoms with E-state index in [1.165, 1.54) is 51.7 Å². The minimum Gasteiger partial charge on any atom is -0.312 e. The van der Waals surface area contributed by atoms with E-state index in [0.717, 1.165) is 18.0 Å². The third-order valence-corrected chi connectivity index (χ3v) is 4.38. The summed E-state index contributed by atoms with van der Waals surface area (Å²) in [5.41, 5.74) is 0. The molecule has 2 fully saturated rings. The minimum atomic E-state index is 0.810. The zero-order chi connectivity index (χ0) is 10.7. The molecule has 3 atom stereocenters. The van der Waals surface area contributed by atoms with Gasteiger partial charge in [-0.2, -0.15) is 0 Å². The van der Waals surface area contributed by atoms with Gasteiger partial charge in [0.2, 0.25) is 0 Å². The molecule has 2 nitrogen and oxygen atoms in total. The summed E-state index contributed by atoms with van der Waals surface area (Å²) in [7, 11) is 0. The molecule has 0 aromatic rings. The fraction of sp³-hybridized carbons (Fsp3) is 1.00. The van der Waals surface area contributed by atoms with Crippen LogP contribution in [0.25, 0.3) is 0 Å². The molecule has 0 radical (unpaired) electrons. The van der Waals surface area contributed by atoms with Crippen LogP contribution in [0, 0.1) is 5.92 Å². The summed E-state index contributed by atoms with van der Waals surface area (Å²) in [6.45, 7) is 8.46. The predicted molar refractivity (Wildman–Crippen MR) is 65.1 cm³/mol. The molecule has 1 heterocycles. The molecule has 0 bridgehead atoms. The van der Waals surface area contributed by atoms with E-state index in [2.05, 4.69) is 24.1 Å². The Morgan fingerprint density at radius 2 is 2.07 bits per heavy atom. The molecule has 88 valence electrons. The fourth-order valence-corrected chi connectivity index (χ4v) is 3.28. The minimum absolute atomic E-state index is 0.810. The van der Waals surface area contributed by atoms with Gasteiger partial charge in [0.25, 0.3) is 0 Å². The van der Waals surface area contributed by atoms with E-state index >= 15 is 0 Å². The molecule has 0 unspecified atom stereocenters. The van der Waals surface area contributed by atoms with E-state index in [4.69, 9.17) is 0 Å². The molecule has 1 saturated heterocycles. The van der Waals surface area contributed by atoms with E-state index in [1.54, 1.807) is 0 Å². The van der Waals surface area contributed by atoms with Crippen molar-refractivity contribution in [2.75, 3.05) is 19.6 Å². The Balaban J connectivity index is 1.72. The Kier molecular flexibility index (Phi) is 4.04. The lowest BCUT2D eigenvalue weighted by Gasteiger charge is -2.26. The van der Waals surface area contributed by atoms with Crippen molar-refractivity contribution in [1.82, 2.24) is 10.2 Å². The average Bonchev–Trinajstić information content (AvgIpc) is 2.83. The number of hydrogen-bond acceptors (Lipinski definition) is 2. The number of nitrogens with one attached hydrogen (secondary N) is 1. The first-order chi connectivity index (χ1) is 7.31. The number of nitrogens with zero attached hydrogens (tertiary/aromatic N) is 1. The van der Waals surface area contributed by atoms with Crippen molar-refractivity contribution >= 4 is 0 Å². The van der Waals surface area contributed by atoms with Gasteiger partial charge in [0, 0.05) is 18.6 Å². The largest absolute Gasteiger partial charge is 0.312 e. The van der Waals surface area contributed by atoms with Crippen molar-refractivity contribution in [3.8, 4) is 0 Å². The molecular formula is C13H26N2. The second-order valence-electron chi connectivity index (χ2n) is 5.35. The van der Waals surface area contributed by atoms with Gasteiger partial charge in [-0.05, 0) is 44.7 Å². The van der Waals surface area contributed by atoms with Crippen molar-refractivity contribution in [2.24, 2.45) is 5.92 Å². The normalized spacial score (nSPS) is 37.6. The van der Waals surface area contributed by atoms with Crippen molar-refractivity contribution in [3.63, 3.8) is 0 Å². The van der Waals surface area contributed by atoms with Gasteiger partial charge < -0.3 is 5.32 Å². The Hall–Kier alpha value is -0.0800. The number of likely N-dealkylation sites (N-methyl/N-ethyl adjacent to an activating group) is 1. The number of hydrogen-bond donors (Lipinski definition) is 1. The highest BCUT2D eigenvalue weighted by atomic mass is 15.2. The van der Waals surface area contributed by atoms with Crippen LogP contribution in [0.4, 0.5) is 0 Å². The maximum Gasteiger partial charge on any atom is 0.0221 e. The van der Waals surface area contributed by atoms with Crippen LogP contribution in [0.3, 0.4) is 0 Å². The van der Waals surface area contributed by atoms with E-state index in [-0.39, 0.29) is 0 Å². The van der Waals surface area contributed by atoms with Gasteiger partial charge in [-0.3, -0.25) is 4.90 Å². The van der Waals surface area contributed by atoms with Crippen LogP contribution < -0.4 is 5.32 Å². The second-order valence-corrected chi connectivity index (χ2v) is 5.35. The third-order valence-electron chi connectivity index (χ3n) is 4.38. The molecule has 0 aromatic carbocycles. The zero-order valence-electron chi connectivity index (χ0n) is 10.3.